The van der Waals surface area contributed by atoms with Crippen molar-refractivity contribution >= 4 is 31.5 Å². The predicted octanol–water partition coefficient (Wildman–Crippen LogP) is 4.72. The van der Waals surface area contributed by atoms with Gasteiger partial charge in [0.1, 0.15) is 0 Å². The fourth-order valence-electron chi connectivity index (χ4n) is 3.00. The Bertz CT molecular complexity index is 885. The minimum Gasteiger partial charge on any atom is -0.315 e. The molecule has 1 aliphatic rings. The lowest BCUT2D eigenvalue weighted by atomic mass is 9.91. The summed E-state index contributed by atoms with van der Waals surface area (Å²) in [4.78, 5) is 0. The van der Waals surface area contributed by atoms with Crippen LogP contribution in [0.4, 0.5) is 0 Å². The fourth-order valence-corrected chi connectivity index (χ4v) is 4.30. The molecule has 1 aromatic heterocycles. The lowest BCUT2D eigenvalue weighted by molar-refractivity contribution is 0.730. The van der Waals surface area contributed by atoms with Crippen LogP contribution >= 0.6 is 11.3 Å². The zero-order valence-electron chi connectivity index (χ0n) is 11.3. The van der Waals surface area contributed by atoms with Crippen LogP contribution in [0.1, 0.15) is 12.5 Å². The number of fused-ring (bicyclic) bond motifs is 3. The van der Waals surface area contributed by atoms with Gasteiger partial charge in [0, 0.05) is 20.2 Å². The maximum atomic E-state index is 6.60. The van der Waals surface area contributed by atoms with Crippen molar-refractivity contribution in [1.29, 1.82) is 0 Å². The van der Waals surface area contributed by atoms with Crippen LogP contribution in [0.3, 0.4) is 0 Å². The molecule has 20 heavy (non-hydrogen) atoms. The largest absolute Gasteiger partial charge is 0.315 e. The smallest absolute Gasteiger partial charge is 0.0805 e. The van der Waals surface area contributed by atoms with Crippen molar-refractivity contribution in [1.82, 2.24) is 0 Å². The average Bonchev–Trinajstić information content (AvgIpc) is 2.99. The standard InChI is InChI=1S/C18H15NS/c1-12-9-10-18(19,11-12)15-7-4-6-14-13-5-2-3-8-16(13)20-17(14)15/h2-11H,19H2,1H3/t18-/m0/s1. The molecule has 1 nitrogen and oxygen atoms in total. The first-order valence-corrected chi connectivity index (χ1v) is 7.57. The molecular formula is C18H15NS. The van der Waals surface area contributed by atoms with E-state index in [1.807, 2.05) is 11.3 Å². The Morgan fingerprint density at radius 1 is 1.00 bits per heavy atom. The third-order valence-electron chi connectivity index (χ3n) is 3.96. The topological polar surface area (TPSA) is 26.0 Å². The van der Waals surface area contributed by atoms with E-state index in [4.69, 9.17) is 5.73 Å². The summed E-state index contributed by atoms with van der Waals surface area (Å²) in [7, 11) is 0. The van der Waals surface area contributed by atoms with E-state index in [0.29, 0.717) is 0 Å². The van der Waals surface area contributed by atoms with Crippen LogP contribution in [0.25, 0.3) is 20.2 Å². The summed E-state index contributed by atoms with van der Waals surface area (Å²) in [5.41, 5.74) is 8.56. The summed E-state index contributed by atoms with van der Waals surface area (Å²) in [5.74, 6) is 0. The lowest BCUT2D eigenvalue weighted by Crippen LogP contribution is -2.30. The van der Waals surface area contributed by atoms with Gasteiger partial charge in [-0.3, -0.25) is 0 Å². The molecular weight excluding hydrogens is 262 g/mol. The van der Waals surface area contributed by atoms with Gasteiger partial charge in [-0.2, -0.15) is 0 Å². The number of allylic oxidation sites excluding steroid dienone is 2. The Balaban J connectivity index is 2.09. The Morgan fingerprint density at radius 3 is 2.60 bits per heavy atom. The summed E-state index contributed by atoms with van der Waals surface area (Å²) >= 11 is 1.83. The predicted molar refractivity (Wildman–Crippen MR) is 88.1 cm³/mol. The van der Waals surface area contributed by atoms with Crippen LogP contribution in [0.15, 0.2) is 66.3 Å². The normalized spacial score (nSPS) is 21.8. The van der Waals surface area contributed by atoms with Gasteiger partial charge in [-0.05, 0) is 18.6 Å². The van der Waals surface area contributed by atoms with Crippen LogP contribution in [0, 0.1) is 0 Å². The molecule has 2 heteroatoms. The van der Waals surface area contributed by atoms with Crippen LogP contribution < -0.4 is 5.73 Å². The monoisotopic (exact) mass is 277 g/mol. The number of nitrogens with two attached hydrogens (primary N) is 1. The summed E-state index contributed by atoms with van der Waals surface area (Å²) in [6.45, 7) is 2.09. The number of hydrogen-bond donors (Lipinski definition) is 1. The molecule has 1 atom stereocenters. The average molecular weight is 277 g/mol. The molecule has 1 heterocycles. The van der Waals surface area contributed by atoms with Crippen molar-refractivity contribution < 1.29 is 0 Å². The van der Waals surface area contributed by atoms with E-state index in [-0.39, 0.29) is 0 Å². The molecule has 0 aliphatic heterocycles. The highest BCUT2D eigenvalue weighted by atomic mass is 32.1. The van der Waals surface area contributed by atoms with Gasteiger partial charge in [-0.1, -0.05) is 60.2 Å². The molecule has 2 N–H and O–H groups in total. The van der Waals surface area contributed by atoms with Gasteiger partial charge in [0.2, 0.25) is 0 Å². The van der Waals surface area contributed by atoms with Crippen molar-refractivity contribution in [3.05, 3.63) is 71.8 Å². The second-order valence-electron chi connectivity index (χ2n) is 5.44. The maximum Gasteiger partial charge on any atom is 0.0805 e. The molecule has 2 aromatic carbocycles. The number of hydrogen-bond acceptors (Lipinski definition) is 2. The third-order valence-corrected chi connectivity index (χ3v) is 5.18. The Morgan fingerprint density at radius 2 is 1.80 bits per heavy atom. The molecule has 0 bridgehead atoms. The summed E-state index contributed by atoms with van der Waals surface area (Å²) < 4.78 is 2.62. The Hall–Kier alpha value is -1.90. The zero-order chi connectivity index (χ0) is 13.7. The van der Waals surface area contributed by atoms with E-state index in [1.165, 1.54) is 31.3 Å². The molecule has 1 aliphatic carbocycles. The van der Waals surface area contributed by atoms with Crippen molar-refractivity contribution in [2.75, 3.05) is 0 Å². The van der Waals surface area contributed by atoms with E-state index < -0.39 is 5.54 Å². The SMILES string of the molecule is CC1=C[C@](N)(c2cccc3c2sc2ccccc23)C=C1. The van der Waals surface area contributed by atoms with Crippen LogP contribution in [-0.4, -0.2) is 0 Å². The molecule has 0 spiro atoms. The molecule has 0 radical (unpaired) electrons. The highest BCUT2D eigenvalue weighted by Crippen LogP contribution is 2.40. The van der Waals surface area contributed by atoms with Gasteiger partial charge in [0.05, 0.1) is 5.54 Å². The Kier molecular flexibility index (Phi) is 2.40. The van der Waals surface area contributed by atoms with Crippen LogP contribution in [-0.2, 0) is 5.54 Å². The second-order valence-corrected chi connectivity index (χ2v) is 6.49. The summed E-state index contributed by atoms with van der Waals surface area (Å²) in [6.07, 6.45) is 6.35. The zero-order valence-corrected chi connectivity index (χ0v) is 12.1. The quantitative estimate of drug-likeness (QED) is 0.684. The van der Waals surface area contributed by atoms with Gasteiger partial charge in [0.15, 0.2) is 0 Å². The molecule has 0 fully saturated rings. The third kappa shape index (κ3) is 1.59. The van der Waals surface area contributed by atoms with Gasteiger partial charge in [-0.25, -0.2) is 0 Å². The number of benzene rings is 2. The minimum atomic E-state index is -0.468. The summed E-state index contributed by atoms with van der Waals surface area (Å²) in [5, 5.41) is 2.62. The van der Waals surface area contributed by atoms with Crippen molar-refractivity contribution in [2.45, 2.75) is 12.5 Å². The van der Waals surface area contributed by atoms with Gasteiger partial charge >= 0.3 is 0 Å². The summed E-state index contributed by atoms with van der Waals surface area (Å²) in [6, 6.07) is 15.0. The molecule has 4 rings (SSSR count). The lowest BCUT2D eigenvalue weighted by Gasteiger charge is -2.21. The first-order valence-electron chi connectivity index (χ1n) is 6.76. The highest BCUT2D eigenvalue weighted by Gasteiger charge is 2.27. The van der Waals surface area contributed by atoms with Crippen molar-refractivity contribution in [2.24, 2.45) is 5.73 Å². The second kappa shape index (κ2) is 4.05. The van der Waals surface area contributed by atoms with E-state index >= 15 is 0 Å². The maximum absolute atomic E-state index is 6.60. The minimum absolute atomic E-state index is 0.468. The fraction of sp³-hybridized carbons (Fsp3) is 0.111. The molecule has 0 saturated carbocycles. The van der Waals surface area contributed by atoms with E-state index in [2.05, 4.69) is 67.6 Å². The number of thiophene rings is 1. The molecule has 0 unspecified atom stereocenters. The van der Waals surface area contributed by atoms with E-state index in [0.717, 1.165) is 0 Å². The van der Waals surface area contributed by atoms with Crippen molar-refractivity contribution in [3.63, 3.8) is 0 Å². The first kappa shape index (κ1) is 11.9. The van der Waals surface area contributed by atoms with Crippen LogP contribution in [0.5, 0.6) is 0 Å². The molecule has 0 saturated heterocycles. The van der Waals surface area contributed by atoms with Crippen LogP contribution in [0.2, 0.25) is 0 Å². The van der Waals surface area contributed by atoms with E-state index in [1.54, 1.807) is 0 Å². The highest BCUT2D eigenvalue weighted by molar-refractivity contribution is 7.26. The van der Waals surface area contributed by atoms with Gasteiger partial charge in [-0.15, -0.1) is 11.3 Å². The number of rotatable bonds is 1. The Labute approximate surface area is 122 Å². The van der Waals surface area contributed by atoms with Gasteiger partial charge < -0.3 is 5.73 Å². The van der Waals surface area contributed by atoms with Gasteiger partial charge in [0.25, 0.3) is 0 Å². The molecule has 0 amide bonds. The molecule has 3 aromatic rings. The molecule has 98 valence electrons. The van der Waals surface area contributed by atoms with Crippen molar-refractivity contribution in [3.8, 4) is 0 Å². The first-order chi connectivity index (χ1) is 9.67. The van der Waals surface area contributed by atoms with E-state index in [9.17, 15) is 0 Å².